The molecule has 0 aliphatic carbocycles. The third kappa shape index (κ3) is 3.00. The molecule has 0 aromatic heterocycles. The lowest BCUT2D eigenvalue weighted by atomic mass is 9.87. The number of amides is 1. The van der Waals surface area contributed by atoms with Gasteiger partial charge in [-0.3, -0.25) is 4.79 Å². The van der Waals surface area contributed by atoms with Gasteiger partial charge in [-0.25, -0.2) is 0 Å². The van der Waals surface area contributed by atoms with Gasteiger partial charge in [0.25, 0.3) is 0 Å². The van der Waals surface area contributed by atoms with Crippen molar-refractivity contribution in [2.75, 3.05) is 20.8 Å². The second-order valence-electron chi connectivity index (χ2n) is 5.83. The van der Waals surface area contributed by atoms with Gasteiger partial charge >= 0.3 is 0 Å². The first-order valence-electron chi connectivity index (χ1n) is 7.82. The molecule has 5 heteroatoms. The molecule has 1 amide bonds. The third-order valence-electron chi connectivity index (χ3n) is 4.44. The van der Waals surface area contributed by atoms with Gasteiger partial charge in [-0.2, -0.15) is 0 Å². The van der Waals surface area contributed by atoms with E-state index in [0.717, 1.165) is 27.8 Å². The zero-order valence-electron chi connectivity index (χ0n) is 14.0. The van der Waals surface area contributed by atoms with E-state index in [0.29, 0.717) is 12.3 Å². The number of benzene rings is 2. The molecule has 0 N–H and O–H groups in total. The Morgan fingerprint density at radius 1 is 1.17 bits per heavy atom. The van der Waals surface area contributed by atoms with Gasteiger partial charge in [0.1, 0.15) is 0 Å². The summed E-state index contributed by atoms with van der Waals surface area (Å²) in [5, 5.41) is 0. The Labute approximate surface area is 150 Å². The van der Waals surface area contributed by atoms with Crippen molar-refractivity contribution < 1.29 is 14.3 Å². The number of rotatable bonds is 3. The molecule has 0 spiro atoms. The molecule has 126 valence electrons. The van der Waals surface area contributed by atoms with E-state index in [9.17, 15) is 4.79 Å². The van der Waals surface area contributed by atoms with Gasteiger partial charge in [-0.15, -0.1) is 0 Å². The normalized spacial score (nSPS) is 16.5. The number of methoxy groups -OCH3 is 2. The molecule has 0 bridgehead atoms. The average Bonchev–Trinajstić information content (AvgIpc) is 2.59. The van der Waals surface area contributed by atoms with Crippen LogP contribution in [0, 0.1) is 0 Å². The lowest BCUT2D eigenvalue weighted by Gasteiger charge is -2.37. The van der Waals surface area contributed by atoms with E-state index in [2.05, 4.69) is 28.1 Å². The van der Waals surface area contributed by atoms with Crippen molar-refractivity contribution in [1.82, 2.24) is 4.90 Å². The van der Waals surface area contributed by atoms with E-state index >= 15 is 0 Å². The molecule has 0 radical (unpaired) electrons. The molecule has 2 aromatic carbocycles. The maximum atomic E-state index is 12.2. The summed E-state index contributed by atoms with van der Waals surface area (Å²) in [5.41, 5.74) is 3.36. The number of fused-ring (bicyclic) bond motifs is 1. The van der Waals surface area contributed by atoms with E-state index < -0.39 is 0 Å². The SMILES string of the molecule is COc1cc2c(cc1OC)C(c1cccc(Br)c1)N(C(C)=O)CC2. The smallest absolute Gasteiger partial charge is 0.220 e. The molecular formula is C19H20BrNO3. The largest absolute Gasteiger partial charge is 0.493 e. The van der Waals surface area contributed by atoms with Crippen LogP contribution >= 0.6 is 15.9 Å². The molecule has 2 aromatic rings. The fourth-order valence-electron chi connectivity index (χ4n) is 3.32. The highest BCUT2D eigenvalue weighted by molar-refractivity contribution is 9.10. The minimum atomic E-state index is -0.122. The van der Waals surface area contributed by atoms with Crippen molar-refractivity contribution in [3.8, 4) is 11.5 Å². The number of nitrogens with zero attached hydrogens (tertiary/aromatic N) is 1. The summed E-state index contributed by atoms with van der Waals surface area (Å²) in [7, 11) is 3.27. The molecule has 0 fully saturated rings. The van der Waals surface area contributed by atoms with E-state index in [4.69, 9.17) is 9.47 Å². The first kappa shape index (κ1) is 16.8. The van der Waals surface area contributed by atoms with Crippen LogP contribution in [0.5, 0.6) is 11.5 Å². The van der Waals surface area contributed by atoms with Crippen LogP contribution < -0.4 is 9.47 Å². The summed E-state index contributed by atoms with van der Waals surface area (Å²) >= 11 is 3.53. The quantitative estimate of drug-likeness (QED) is 0.797. The monoisotopic (exact) mass is 389 g/mol. The molecule has 4 nitrogen and oxygen atoms in total. The summed E-state index contributed by atoms with van der Waals surface area (Å²) in [6.07, 6.45) is 0.805. The highest BCUT2D eigenvalue weighted by Crippen LogP contribution is 2.41. The molecule has 3 rings (SSSR count). The lowest BCUT2D eigenvalue weighted by molar-refractivity contribution is -0.130. The Bertz CT molecular complexity index is 775. The van der Waals surface area contributed by atoms with Crippen LogP contribution in [0.4, 0.5) is 0 Å². The molecule has 1 aliphatic rings. The fraction of sp³-hybridized carbons (Fsp3) is 0.316. The molecule has 1 heterocycles. The van der Waals surface area contributed by atoms with Crippen LogP contribution in [0.15, 0.2) is 40.9 Å². The summed E-state index contributed by atoms with van der Waals surface area (Å²) in [5.74, 6) is 1.47. The highest BCUT2D eigenvalue weighted by atomic mass is 79.9. The first-order chi connectivity index (χ1) is 11.5. The van der Waals surface area contributed by atoms with Crippen molar-refractivity contribution in [3.63, 3.8) is 0 Å². The summed E-state index contributed by atoms with van der Waals surface area (Å²) in [6, 6.07) is 12.0. The Morgan fingerprint density at radius 3 is 2.50 bits per heavy atom. The molecule has 0 saturated carbocycles. The second kappa shape index (κ2) is 6.85. The third-order valence-corrected chi connectivity index (χ3v) is 4.94. The molecule has 1 aliphatic heterocycles. The maximum absolute atomic E-state index is 12.2. The first-order valence-corrected chi connectivity index (χ1v) is 8.62. The summed E-state index contributed by atoms with van der Waals surface area (Å²) in [4.78, 5) is 14.1. The van der Waals surface area contributed by atoms with Crippen molar-refractivity contribution in [3.05, 3.63) is 57.6 Å². The number of carbonyl (C=O) groups excluding carboxylic acids is 1. The molecule has 0 saturated heterocycles. The number of hydrogen-bond donors (Lipinski definition) is 0. The molecule has 1 atom stereocenters. The van der Waals surface area contributed by atoms with Crippen LogP contribution in [-0.2, 0) is 11.2 Å². The molecule has 24 heavy (non-hydrogen) atoms. The van der Waals surface area contributed by atoms with Crippen LogP contribution in [-0.4, -0.2) is 31.6 Å². The fourth-order valence-corrected chi connectivity index (χ4v) is 3.74. The summed E-state index contributed by atoms with van der Waals surface area (Å²) in [6.45, 7) is 2.31. The zero-order chi connectivity index (χ0) is 17.3. The number of halogens is 1. The number of ether oxygens (including phenoxy) is 2. The topological polar surface area (TPSA) is 38.8 Å². The predicted octanol–water partition coefficient (Wildman–Crippen LogP) is 3.96. The highest BCUT2D eigenvalue weighted by Gasteiger charge is 2.31. The van der Waals surface area contributed by atoms with Crippen LogP contribution in [0.25, 0.3) is 0 Å². The second-order valence-corrected chi connectivity index (χ2v) is 6.74. The maximum Gasteiger partial charge on any atom is 0.220 e. The van der Waals surface area contributed by atoms with E-state index in [1.165, 1.54) is 5.56 Å². The Hall–Kier alpha value is -2.01. The van der Waals surface area contributed by atoms with Crippen LogP contribution in [0.1, 0.15) is 29.7 Å². The minimum absolute atomic E-state index is 0.0698. The average molecular weight is 390 g/mol. The van der Waals surface area contributed by atoms with Crippen molar-refractivity contribution in [1.29, 1.82) is 0 Å². The van der Waals surface area contributed by atoms with Crippen molar-refractivity contribution >= 4 is 21.8 Å². The van der Waals surface area contributed by atoms with Crippen molar-refractivity contribution in [2.45, 2.75) is 19.4 Å². The lowest BCUT2D eigenvalue weighted by Crippen LogP contribution is -2.39. The van der Waals surface area contributed by atoms with E-state index in [1.807, 2.05) is 29.2 Å². The Morgan fingerprint density at radius 2 is 1.88 bits per heavy atom. The minimum Gasteiger partial charge on any atom is -0.493 e. The Balaban J connectivity index is 2.18. The number of carbonyl (C=O) groups is 1. The summed E-state index contributed by atoms with van der Waals surface area (Å²) < 4.78 is 11.9. The van der Waals surface area contributed by atoms with Gasteiger partial charge in [0, 0.05) is 17.9 Å². The van der Waals surface area contributed by atoms with E-state index in [-0.39, 0.29) is 11.9 Å². The van der Waals surface area contributed by atoms with Gasteiger partial charge in [0.2, 0.25) is 5.91 Å². The van der Waals surface area contributed by atoms with Gasteiger partial charge in [0.05, 0.1) is 20.3 Å². The van der Waals surface area contributed by atoms with Crippen molar-refractivity contribution in [2.24, 2.45) is 0 Å². The van der Waals surface area contributed by atoms with Crippen LogP contribution in [0.2, 0.25) is 0 Å². The molecule has 1 unspecified atom stereocenters. The Kier molecular flexibility index (Phi) is 4.81. The molecular weight excluding hydrogens is 370 g/mol. The standard InChI is InChI=1S/C19H20BrNO3/c1-12(22)21-8-7-13-10-17(23-2)18(24-3)11-16(13)19(21)14-5-4-6-15(20)9-14/h4-6,9-11,19H,7-8H2,1-3H3. The van der Waals surface area contributed by atoms with Gasteiger partial charge < -0.3 is 14.4 Å². The van der Waals surface area contributed by atoms with Crippen LogP contribution in [0.3, 0.4) is 0 Å². The van der Waals surface area contributed by atoms with Gasteiger partial charge in [-0.05, 0) is 47.4 Å². The zero-order valence-corrected chi connectivity index (χ0v) is 15.6. The van der Waals surface area contributed by atoms with Gasteiger partial charge in [0.15, 0.2) is 11.5 Å². The predicted molar refractivity (Wildman–Crippen MR) is 96.6 cm³/mol. The number of hydrogen-bond acceptors (Lipinski definition) is 3. The van der Waals surface area contributed by atoms with E-state index in [1.54, 1.807) is 21.1 Å². The van der Waals surface area contributed by atoms with Gasteiger partial charge in [-0.1, -0.05) is 28.1 Å².